The Balaban J connectivity index is 3.43. The molecule has 2 heteroatoms. The summed E-state index contributed by atoms with van der Waals surface area (Å²) >= 11 is 5.70. The number of alkyl halides is 1. The first kappa shape index (κ1) is 13.0. The van der Waals surface area contributed by atoms with Gasteiger partial charge >= 0.3 is 0 Å². The molecule has 0 rings (SSSR count). The molecule has 0 radical (unpaired) electrons. The molecule has 0 amide bonds. The van der Waals surface area contributed by atoms with Crippen LogP contribution in [-0.2, 0) is 0 Å². The van der Waals surface area contributed by atoms with Crippen LogP contribution in [0, 0.1) is 5.92 Å². The van der Waals surface area contributed by atoms with Gasteiger partial charge in [-0.1, -0.05) is 25.0 Å². The highest BCUT2D eigenvalue weighted by Gasteiger charge is 2.03. The minimum Gasteiger partial charge on any atom is -0.313 e. The molecule has 0 aliphatic heterocycles. The van der Waals surface area contributed by atoms with E-state index in [0.717, 1.165) is 31.3 Å². The molecule has 78 valence electrons. The molecule has 0 fully saturated rings. The van der Waals surface area contributed by atoms with Crippen molar-refractivity contribution in [1.29, 1.82) is 0 Å². The van der Waals surface area contributed by atoms with Gasteiger partial charge in [0.05, 0.1) is 0 Å². The monoisotopic (exact) mass is 203 g/mol. The molecule has 13 heavy (non-hydrogen) atoms. The Morgan fingerprint density at radius 1 is 1.46 bits per heavy atom. The average molecular weight is 204 g/mol. The predicted molar refractivity (Wildman–Crippen MR) is 61.4 cm³/mol. The molecule has 1 nitrogen and oxygen atoms in total. The van der Waals surface area contributed by atoms with Crippen LogP contribution in [0.25, 0.3) is 0 Å². The van der Waals surface area contributed by atoms with E-state index in [-0.39, 0.29) is 0 Å². The van der Waals surface area contributed by atoms with Crippen LogP contribution in [0.4, 0.5) is 0 Å². The highest BCUT2D eigenvalue weighted by Crippen LogP contribution is 2.07. The minimum absolute atomic E-state index is 0.739. The van der Waals surface area contributed by atoms with Gasteiger partial charge in [-0.3, -0.25) is 0 Å². The number of rotatable bonds is 7. The summed E-state index contributed by atoms with van der Waals surface area (Å²) in [5, 5.41) is 3.42. The molecule has 0 aromatic heterocycles. The van der Waals surface area contributed by atoms with Crippen molar-refractivity contribution in [2.24, 2.45) is 5.92 Å². The third-order valence-electron chi connectivity index (χ3n) is 2.18. The van der Waals surface area contributed by atoms with Gasteiger partial charge in [0.1, 0.15) is 0 Å². The molecular weight excluding hydrogens is 182 g/mol. The first-order valence-electron chi connectivity index (χ1n) is 5.10. The van der Waals surface area contributed by atoms with Crippen LogP contribution in [0.15, 0.2) is 11.6 Å². The van der Waals surface area contributed by atoms with E-state index in [2.05, 4.69) is 32.2 Å². The first-order chi connectivity index (χ1) is 6.20. The maximum absolute atomic E-state index is 5.70. The second kappa shape index (κ2) is 8.58. The van der Waals surface area contributed by atoms with E-state index < -0.39 is 0 Å². The summed E-state index contributed by atoms with van der Waals surface area (Å²) in [6, 6.07) is 0. The van der Waals surface area contributed by atoms with Crippen LogP contribution in [-0.4, -0.2) is 19.0 Å². The summed E-state index contributed by atoms with van der Waals surface area (Å²) in [5.74, 6) is 1.52. The summed E-state index contributed by atoms with van der Waals surface area (Å²) < 4.78 is 0. The fourth-order valence-electron chi connectivity index (χ4n) is 1.17. The quantitative estimate of drug-likeness (QED) is 0.381. The number of hydrogen-bond acceptors (Lipinski definition) is 1. The van der Waals surface area contributed by atoms with E-state index in [0.29, 0.717) is 0 Å². The maximum atomic E-state index is 5.70. The lowest BCUT2D eigenvalue weighted by atomic mass is 10.0. The van der Waals surface area contributed by atoms with Crippen LogP contribution in [0.5, 0.6) is 0 Å². The molecule has 0 bridgehead atoms. The zero-order chi connectivity index (χ0) is 10.1. The van der Waals surface area contributed by atoms with Crippen molar-refractivity contribution in [2.45, 2.75) is 33.6 Å². The highest BCUT2D eigenvalue weighted by molar-refractivity contribution is 6.17. The summed E-state index contributed by atoms with van der Waals surface area (Å²) in [6.45, 7) is 8.55. The number of nitrogens with one attached hydrogen (secondary N) is 1. The Bertz CT molecular complexity index is 139. The van der Waals surface area contributed by atoms with E-state index in [1.54, 1.807) is 0 Å². The Morgan fingerprint density at radius 3 is 2.62 bits per heavy atom. The van der Waals surface area contributed by atoms with E-state index in [9.17, 15) is 0 Å². The SMILES string of the molecule is CCC(CCCl)CNCC=C(C)C. The normalized spacial score (nSPS) is 12.6. The molecule has 0 aliphatic carbocycles. The fraction of sp³-hybridized carbons (Fsp3) is 0.818. The van der Waals surface area contributed by atoms with Crippen LogP contribution >= 0.6 is 11.6 Å². The van der Waals surface area contributed by atoms with Crippen LogP contribution in [0.2, 0.25) is 0 Å². The Kier molecular flexibility index (Phi) is 8.58. The van der Waals surface area contributed by atoms with E-state index in [4.69, 9.17) is 11.6 Å². The molecule has 1 N–H and O–H groups in total. The Hall–Kier alpha value is -0.0100. The van der Waals surface area contributed by atoms with Gasteiger partial charge in [-0.05, 0) is 32.7 Å². The first-order valence-corrected chi connectivity index (χ1v) is 5.64. The summed E-state index contributed by atoms with van der Waals surface area (Å²) in [7, 11) is 0. The third kappa shape index (κ3) is 8.32. The summed E-state index contributed by atoms with van der Waals surface area (Å²) in [4.78, 5) is 0. The number of hydrogen-bond donors (Lipinski definition) is 1. The molecule has 0 heterocycles. The zero-order valence-electron chi connectivity index (χ0n) is 9.07. The van der Waals surface area contributed by atoms with Gasteiger partial charge in [0.2, 0.25) is 0 Å². The molecule has 1 unspecified atom stereocenters. The van der Waals surface area contributed by atoms with Crippen molar-refractivity contribution in [3.05, 3.63) is 11.6 Å². The molecule has 0 spiro atoms. The largest absolute Gasteiger partial charge is 0.313 e. The van der Waals surface area contributed by atoms with E-state index >= 15 is 0 Å². The molecule has 0 saturated carbocycles. The van der Waals surface area contributed by atoms with Crippen LogP contribution in [0.3, 0.4) is 0 Å². The fourth-order valence-corrected chi connectivity index (χ4v) is 1.48. The lowest BCUT2D eigenvalue weighted by Gasteiger charge is -2.13. The summed E-state index contributed by atoms with van der Waals surface area (Å²) in [6.07, 6.45) is 4.56. The Labute approximate surface area is 87.6 Å². The molecule has 0 aromatic carbocycles. The van der Waals surface area contributed by atoms with Crippen molar-refractivity contribution in [3.8, 4) is 0 Å². The van der Waals surface area contributed by atoms with Crippen molar-refractivity contribution in [1.82, 2.24) is 5.32 Å². The van der Waals surface area contributed by atoms with Crippen molar-refractivity contribution in [2.75, 3.05) is 19.0 Å². The van der Waals surface area contributed by atoms with Gasteiger partial charge in [-0.25, -0.2) is 0 Å². The highest BCUT2D eigenvalue weighted by atomic mass is 35.5. The molecular formula is C11H22ClN. The zero-order valence-corrected chi connectivity index (χ0v) is 9.82. The van der Waals surface area contributed by atoms with Crippen molar-refractivity contribution >= 4 is 11.6 Å². The van der Waals surface area contributed by atoms with Gasteiger partial charge in [-0.15, -0.1) is 11.6 Å². The van der Waals surface area contributed by atoms with E-state index in [1.165, 1.54) is 12.0 Å². The Morgan fingerprint density at radius 2 is 2.15 bits per heavy atom. The number of halogens is 1. The summed E-state index contributed by atoms with van der Waals surface area (Å²) in [5.41, 5.74) is 1.37. The minimum atomic E-state index is 0.739. The van der Waals surface area contributed by atoms with Crippen molar-refractivity contribution < 1.29 is 0 Å². The van der Waals surface area contributed by atoms with Gasteiger partial charge in [0, 0.05) is 12.4 Å². The lowest BCUT2D eigenvalue weighted by Crippen LogP contribution is -2.23. The topological polar surface area (TPSA) is 12.0 Å². The predicted octanol–water partition coefficient (Wildman–Crippen LogP) is 3.20. The van der Waals surface area contributed by atoms with Gasteiger partial charge < -0.3 is 5.32 Å². The van der Waals surface area contributed by atoms with Gasteiger partial charge in [0.15, 0.2) is 0 Å². The third-order valence-corrected chi connectivity index (χ3v) is 2.40. The van der Waals surface area contributed by atoms with Crippen LogP contribution in [0.1, 0.15) is 33.6 Å². The van der Waals surface area contributed by atoms with Crippen molar-refractivity contribution in [3.63, 3.8) is 0 Å². The number of allylic oxidation sites excluding steroid dienone is 1. The second-order valence-corrected chi connectivity index (χ2v) is 4.07. The molecule has 0 aromatic rings. The lowest BCUT2D eigenvalue weighted by molar-refractivity contribution is 0.463. The molecule has 1 atom stereocenters. The van der Waals surface area contributed by atoms with Gasteiger partial charge in [-0.2, -0.15) is 0 Å². The van der Waals surface area contributed by atoms with Gasteiger partial charge in [0.25, 0.3) is 0 Å². The molecule has 0 saturated heterocycles. The second-order valence-electron chi connectivity index (χ2n) is 3.69. The standard InChI is InChI=1S/C11H22ClN/c1-4-11(5-7-12)9-13-8-6-10(2)3/h6,11,13H,4-5,7-9H2,1-3H3. The smallest absolute Gasteiger partial charge is 0.0226 e. The van der Waals surface area contributed by atoms with Crippen LogP contribution < -0.4 is 5.32 Å². The molecule has 0 aliphatic rings. The maximum Gasteiger partial charge on any atom is 0.0226 e. The van der Waals surface area contributed by atoms with E-state index in [1.807, 2.05) is 0 Å². The average Bonchev–Trinajstić information content (AvgIpc) is 2.10.